The third-order valence-corrected chi connectivity index (χ3v) is 7.17. The van der Waals surface area contributed by atoms with Crippen molar-refractivity contribution < 1.29 is 22.7 Å². The summed E-state index contributed by atoms with van der Waals surface area (Å²) < 4.78 is 37.3. The standard InChI is InChI=1S/C16H20N4O5S3/c1-5-8-26-16-19-18-15(27-16)17-14(21)10-20(2)28(22,23)11-6-7-12(24-3)13(9-11)25-4/h5-7,9H,1,8,10H2,2-4H3,(H,17,18,21). The maximum absolute atomic E-state index is 12.7. The first-order valence-corrected chi connectivity index (χ1v) is 11.1. The van der Waals surface area contributed by atoms with E-state index in [2.05, 4.69) is 22.1 Å². The van der Waals surface area contributed by atoms with Crippen LogP contribution in [0.15, 0.2) is 40.1 Å². The maximum atomic E-state index is 12.7. The number of rotatable bonds is 10. The molecule has 1 amide bonds. The van der Waals surface area contributed by atoms with Gasteiger partial charge in [0.1, 0.15) is 0 Å². The summed E-state index contributed by atoms with van der Waals surface area (Å²) in [5.41, 5.74) is 0. The number of carbonyl (C=O) groups is 1. The van der Waals surface area contributed by atoms with Crippen LogP contribution in [0.5, 0.6) is 11.5 Å². The van der Waals surface area contributed by atoms with Gasteiger partial charge in [0.2, 0.25) is 21.1 Å². The largest absolute Gasteiger partial charge is 0.493 e. The Balaban J connectivity index is 2.06. The molecule has 0 unspecified atom stereocenters. The van der Waals surface area contributed by atoms with Gasteiger partial charge >= 0.3 is 0 Å². The van der Waals surface area contributed by atoms with E-state index >= 15 is 0 Å². The highest BCUT2D eigenvalue weighted by Gasteiger charge is 2.25. The Bertz CT molecular complexity index is 946. The van der Waals surface area contributed by atoms with Crippen molar-refractivity contribution in [2.75, 3.05) is 38.9 Å². The van der Waals surface area contributed by atoms with Gasteiger partial charge in [-0.15, -0.1) is 16.8 Å². The maximum Gasteiger partial charge on any atom is 0.243 e. The molecule has 1 aromatic carbocycles. The van der Waals surface area contributed by atoms with Crippen LogP contribution in [-0.4, -0.2) is 62.4 Å². The van der Waals surface area contributed by atoms with E-state index < -0.39 is 15.9 Å². The molecule has 0 aliphatic rings. The van der Waals surface area contributed by atoms with Crippen molar-refractivity contribution in [2.24, 2.45) is 0 Å². The molecule has 28 heavy (non-hydrogen) atoms. The number of ether oxygens (including phenoxy) is 2. The van der Waals surface area contributed by atoms with Crippen LogP contribution in [0.1, 0.15) is 0 Å². The van der Waals surface area contributed by atoms with E-state index in [-0.39, 0.29) is 17.2 Å². The van der Waals surface area contributed by atoms with E-state index in [0.717, 1.165) is 4.31 Å². The van der Waals surface area contributed by atoms with Crippen molar-refractivity contribution in [3.05, 3.63) is 30.9 Å². The molecule has 0 saturated carbocycles. The minimum atomic E-state index is -3.90. The Hall–Kier alpha value is -2.15. The van der Waals surface area contributed by atoms with Gasteiger partial charge in [-0.05, 0) is 12.1 Å². The molecule has 0 aliphatic carbocycles. The van der Waals surface area contributed by atoms with Gasteiger partial charge in [0.05, 0.1) is 25.7 Å². The molecule has 1 N–H and O–H groups in total. The first-order chi connectivity index (χ1) is 13.3. The zero-order valence-electron chi connectivity index (χ0n) is 15.5. The molecule has 2 aromatic rings. The van der Waals surface area contributed by atoms with E-state index in [1.165, 1.54) is 62.6 Å². The lowest BCUT2D eigenvalue weighted by Crippen LogP contribution is -2.35. The molecule has 12 heteroatoms. The fraction of sp³-hybridized carbons (Fsp3) is 0.312. The van der Waals surface area contributed by atoms with Crippen LogP contribution in [0.25, 0.3) is 0 Å². The molecule has 0 aliphatic heterocycles. The number of nitrogens with one attached hydrogen (secondary N) is 1. The summed E-state index contributed by atoms with van der Waals surface area (Å²) in [6, 6.07) is 4.22. The average Bonchev–Trinajstić information content (AvgIpc) is 3.12. The van der Waals surface area contributed by atoms with Crippen molar-refractivity contribution in [3.63, 3.8) is 0 Å². The summed E-state index contributed by atoms with van der Waals surface area (Å²) in [5.74, 6) is 0.834. The van der Waals surface area contributed by atoms with Crippen LogP contribution in [0.4, 0.5) is 5.13 Å². The number of benzene rings is 1. The van der Waals surface area contributed by atoms with E-state index in [1.807, 2.05) is 0 Å². The van der Waals surface area contributed by atoms with Crippen molar-refractivity contribution in [2.45, 2.75) is 9.24 Å². The molecular formula is C16H20N4O5S3. The number of anilines is 1. The molecule has 1 aromatic heterocycles. The molecule has 0 bridgehead atoms. The number of amides is 1. The minimum Gasteiger partial charge on any atom is -0.493 e. The zero-order chi connectivity index (χ0) is 20.7. The fourth-order valence-corrected chi connectivity index (χ4v) is 4.72. The first-order valence-electron chi connectivity index (χ1n) is 7.87. The lowest BCUT2D eigenvalue weighted by Gasteiger charge is -2.17. The molecule has 152 valence electrons. The van der Waals surface area contributed by atoms with Gasteiger partial charge in [-0.25, -0.2) is 8.42 Å². The summed E-state index contributed by atoms with van der Waals surface area (Å²) in [5, 5.41) is 10.6. The third-order valence-electron chi connectivity index (χ3n) is 3.41. The molecule has 1 heterocycles. The summed E-state index contributed by atoms with van der Waals surface area (Å²) in [6.45, 7) is 3.24. The van der Waals surface area contributed by atoms with Gasteiger partial charge in [0, 0.05) is 18.9 Å². The van der Waals surface area contributed by atoms with E-state index in [4.69, 9.17) is 9.47 Å². The van der Waals surface area contributed by atoms with Crippen molar-refractivity contribution in [3.8, 4) is 11.5 Å². The van der Waals surface area contributed by atoms with E-state index in [1.54, 1.807) is 6.08 Å². The second-order valence-electron chi connectivity index (χ2n) is 5.30. The van der Waals surface area contributed by atoms with Crippen LogP contribution < -0.4 is 14.8 Å². The first kappa shape index (κ1) is 22.1. The van der Waals surface area contributed by atoms with Crippen LogP contribution in [0.3, 0.4) is 0 Å². The van der Waals surface area contributed by atoms with Gasteiger partial charge in [-0.1, -0.05) is 29.2 Å². The minimum absolute atomic E-state index is 0.0144. The lowest BCUT2D eigenvalue weighted by molar-refractivity contribution is -0.116. The zero-order valence-corrected chi connectivity index (χ0v) is 18.0. The Morgan fingerprint density at radius 2 is 2.04 bits per heavy atom. The summed E-state index contributed by atoms with van der Waals surface area (Å²) in [6.07, 6.45) is 1.73. The fourth-order valence-electron chi connectivity index (χ4n) is 2.05. The summed E-state index contributed by atoms with van der Waals surface area (Å²) in [4.78, 5) is 12.2. The van der Waals surface area contributed by atoms with Crippen molar-refractivity contribution in [1.82, 2.24) is 14.5 Å². The molecule has 0 spiro atoms. The second kappa shape index (κ2) is 9.87. The molecule has 0 fully saturated rings. The second-order valence-corrected chi connectivity index (χ2v) is 9.59. The quantitative estimate of drug-likeness (QED) is 0.337. The van der Waals surface area contributed by atoms with Crippen LogP contribution in [0.2, 0.25) is 0 Å². The summed E-state index contributed by atoms with van der Waals surface area (Å²) in [7, 11) is 0.282. The number of methoxy groups -OCH3 is 2. The molecule has 0 radical (unpaired) electrons. The smallest absolute Gasteiger partial charge is 0.243 e. The Kier molecular flexibility index (Phi) is 7.80. The van der Waals surface area contributed by atoms with Crippen LogP contribution in [0, 0.1) is 0 Å². The van der Waals surface area contributed by atoms with Crippen LogP contribution >= 0.6 is 23.1 Å². The molecular weight excluding hydrogens is 424 g/mol. The van der Waals surface area contributed by atoms with Crippen LogP contribution in [-0.2, 0) is 14.8 Å². The number of nitrogens with zero attached hydrogens (tertiary/aromatic N) is 3. The van der Waals surface area contributed by atoms with Crippen molar-refractivity contribution in [1.29, 1.82) is 0 Å². The normalized spacial score (nSPS) is 11.3. The van der Waals surface area contributed by atoms with Gasteiger partial charge in [0.15, 0.2) is 15.8 Å². The highest BCUT2D eigenvalue weighted by molar-refractivity contribution is 8.01. The van der Waals surface area contributed by atoms with Gasteiger partial charge < -0.3 is 9.47 Å². The van der Waals surface area contributed by atoms with E-state index in [9.17, 15) is 13.2 Å². The van der Waals surface area contributed by atoms with Gasteiger partial charge in [-0.3, -0.25) is 10.1 Å². The highest BCUT2D eigenvalue weighted by atomic mass is 32.2. The lowest BCUT2D eigenvalue weighted by atomic mass is 10.3. The highest BCUT2D eigenvalue weighted by Crippen LogP contribution is 2.30. The van der Waals surface area contributed by atoms with E-state index in [0.29, 0.717) is 21.0 Å². The Morgan fingerprint density at radius 3 is 2.68 bits per heavy atom. The van der Waals surface area contributed by atoms with Crippen molar-refractivity contribution >= 4 is 44.2 Å². The monoisotopic (exact) mass is 444 g/mol. The number of thioether (sulfide) groups is 1. The predicted molar refractivity (Wildman–Crippen MR) is 109 cm³/mol. The molecule has 2 rings (SSSR count). The number of carbonyl (C=O) groups excluding carboxylic acids is 1. The number of hydrogen-bond acceptors (Lipinski definition) is 9. The number of hydrogen-bond donors (Lipinski definition) is 1. The summed E-state index contributed by atoms with van der Waals surface area (Å²) >= 11 is 2.64. The average molecular weight is 445 g/mol. The SMILES string of the molecule is C=CCSc1nnc(NC(=O)CN(C)S(=O)(=O)c2ccc(OC)c(OC)c2)s1. The molecule has 0 atom stereocenters. The Morgan fingerprint density at radius 1 is 1.32 bits per heavy atom. The molecule has 0 saturated heterocycles. The number of aromatic nitrogens is 2. The Labute approximate surface area is 171 Å². The predicted octanol–water partition coefficient (Wildman–Crippen LogP) is 2.09. The number of sulfonamides is 1. The van der Waals surface area contributed by atoms with Gasteiger partial charge in [0.25, 0.3) is 0 Å². The number of likely N-dealkylation sites (N-methyl/N-ethyl adjacent to an activating group) is 1. The topological polar surface area (TPSA) is 111 Å². The molecule has 9 nitrogen and oxygen atoms in total. The third kappa shape index (κ3) is 5.44. The van der Waals surface area contributed by atoms with Gasteiger partial charge in [-0.2, -0.15) is 4.31 Å².